The van der Waals surface area contributed by atoms with Gasteiger partial charge in [-0.25, -0.2) is 0 Å². The minimum atomic E-state index is -0.0498. The van der Waals surface area contributed by atoms with Crippen molar-refractivity contribution in [2.75, 3.05) is 45.2 Å². The molecule has 5 rings (SSSR count). The lowest BCUT2D eigenvalue weighted by Crippen LogP contribution is -2.44. The number of amides is 1. The van der Waals surface area contributed by atoms with Gasteiger partial charge in [-0.1, -0.05) is 12.1 Å². The van der Waals surface area contributed by atoms with E-state index in [1.807, 2.05) is 62.6 Å². The fraction of sp³-hybridized carbons (Fsp3) is 0.424. The molecule has 0 radical (unpaired) electrons. The minimum Gasteiger partial charge on any atom is -0.490 e. The van der Waals surface area contributed by atoms with E-state index in [4.69, 9.17) is 10.00 Å². The lowest BCUT2D eigenvalue weighted by molar-refractivity contribution is 0.0907. The molecule has 1 aromatic heterocycles. The standard InChI is InChI=1S/C33H40N6O2/c1-37(2)30-9-11-31(12-10-30)41-32-15-19-39(20-16-32)24-29-8-7-27(22-35-29)33(40)36-28-13-17-38(18-14-28)23-26-5-3-25(21-34)4-6-26/h3-12,22,28,32H,13-20,23-24H2,1-2H3,(H,36,40). The summed E-state index contributed by atoms with van der Waals surface area (Å²) in [6.45, 7) is 5.46. The van der Waals surface area contributed by atoms with Crippen LogP contribution in [0, 0.1) is 11.3 Å². The molecule has 2 saturated heterocycles. The number of benzene rings is 2. The zero-order valence-electron chi connectivity index (χ0n) is 24.1. The smallest absolute Gasteiger partial charge is 0.253 e. The number of rotatable bonds is 9. The highest BCUT2D eigenvalue weighted by Gasteiger charge is 2.23. The molecule has 8 nitrogen and oxygen atoms in total. The summed E-state index contributed by atoms with van der Waals surface area (Å²) in [7, 11) is 4.07. The van der Waals surface area contributed by atoms with Gasteiger partial charge in [-0.3, -0.25) is 19.6 Å². The van der Waals surface area contributed by atoms with Crippen LogP contribution in [-0.4, -0.2) is 73.1 Å². The Morgan fingerprint density at radius 2 is 1.59 bits per heavy atom. The minimum absolute atomic E-state index is 0.0498. The van der Waals surface area contributed by atoms with Crippen molar-refractivity contribution in [3.05, 3.63) is 89.2 Å². The molecule has 214 valence electrons. The molecule has 2 aromatic carbocycles. The third kappa shape index (κ3) is 8.06. The summed E-state index contributed by atoms with van der Waals surface area (Å²) in [4.78, 5) is 24.4. The number of carbonyl (C=O) groups excluding carboxylic acids is 1. The Kier molecular flexibility index (Phi) is 9.50. The normalized spacial score (nSPS) is 17.1. The second-order valence-electron chi connectivity index (χ2n) is 11.4. The summed E-state index contributed by atoms with van der Waals surface area (Å²) in [6.07, 6.45) is 5.77. The Bertz CT molecular complexity index is 1300. The second-order valence-corrected chi connectivity index (χ2v) is 11.4. The molecule has 8 heteroatoms. The van der Waals surface area contributed by atoms with Crippen molar-refractivity contribution in [3.8, 4) is 11.8 Å². The number of aromatic nitrogens is 1. The van der Waals surface area contributed by atoms with E-state index in [2.05, 4.69) is 43.2 Å². The van der Waals surface area contributed by atoms with E-state index in [0.717, 1.165) is 76.4 Å². The molecule has 0 aliphatic carbocycles. The van der Waals surface area contributed by atoms with E-state index in [1.165, 1.54) is 11.3 Å². The number of pyridine rings is 1. The summed E-state index contributed by atoms with van der Waals surface area (Å²) in [5.74, 6) is 0.879. The zero-order valence-corrected chi connectivity index (χ0v) is 24.1. The Labute approximate surface area is 243 Å². The van der Waals surface area contributed by atoms with Gasteiger partial charge in [0.15, 0.2) is 0 Å². The number of hydrogen-bond donors (Lipinski definition) is 1. The third-order valence-corrected chi connectivity index (χ3v) is 8.08. The average molecular weight is 553 g/mol. The van der Waals surface area contributed by atoms with E-state index < -0.39 is 0 Å². The first-order chi connectivity index (χ1) is 19.9. The van der Waals surface area contributed by atoms with Gasteiger partial charge in [-0.2, -0.15) is 5.26 Å². The predicted octanol–water partition coefficient (Wildman–Crippen LogP) is 4.46. The number of nitrogens with one attached hydrogen (secondary N) is 1. The van der Waals surface area contributed by atoms with Gasteiger partial charge in [0.25, 0.3) is 5.91 Å². The molecule has 3 aromatic rings. The molecule has 0 atom stereocenters. The van der Waals surface area contributed by atoms with Crippen LogP contribution in [0.2, 0.25) is 0 Å². The SMILES string of the molecule is CN(C)c1ccc(OC2CCN(Cc3ccc(C(=O)NC4CCN(Cc5ccc(C#N)cc5)CC4)cn3)CC2)cc1. The number of carbonyl (C=O) groups is 1. The number of nitriles is 1. The first kappa shape index (κ1) is 28.6. The number of anilines is 1. The Morgan fingerprint density at radius 3 is 2.20 bits per heavy atom. The van der Waals surface area contributed by atoms with E-state index in [9.17, 15) is 4.79 Å². The average Bonchev–Trinajstić information content (AvgIpc) is 3.00. The number of nitrogens with zero attached hydrogens (tertiary/aromatic N) is 5. The van der Waals surface area contributed by atoms with E-state index >= 15 is 0 Å². The quantitative estimate of drug-likeness (QED) is 0.420. The monoisotopic (exact) mass is 552 g/mol. The van der Waals surface area contributed by atoms with Gasteiger partial charge in [-0.05, 0) is 79.8 Å². The van der Waals surface area contributed by atoms with Crippen LogP contribution in [0.1, 0.15) is 52.9 Å². The molecule has 2 aliphatic heterocycles. The summed E-state index contributed by atoms with van der Waals surface area (Å²) in [5, 5.41) is 12.2. The van der Waals surface area contributed by atoms with Gasteiger partial charge < -0.3 is 15.0 Å². The van der Waals surface area contributed by atoms with Crippen LogP contribution in [0.4, 0.5) is 5.69 Å². The molecule has 2 aliphatic rings. The maximum atomic E-state index is 12.9. The molecular formula is C33H40N6O2. The van der Waals surface area contributed by atoms with E-state index in [0.29, 0.717) is 11.1 Å². The van der Waals surface area contributed by atoms with Crippen LogP contribution in [0.5, 0.6) is 5.75 Å². The summed E-state index contributed by atoms with van der Waals surface area (Å²) >= 11 is 0. The van der Waals surface area contributed by atoms with Crippen molar-refractivity contribution >= 4 is 11.6 Å². The lowest BCUT2D eigenvalue weighted by atomic mass is 10.0. The van der Waals surface area contributed by atoms with E-state index in [-0.39, 0.29) is 18.1 Å². The van der Waals surface area contributed by atoms with Crippen LogP contribution in [-0.2, 0) is 13.1 Å². The fourth-order valence-corrected chi connectivity index (χ4v) is 5.53. The first-order valence-corrected chi connectivity index (χ1v) is 14.6. The van der Waals surface area contributed by atoms with Gasteiger partial charge in [0.05, 0.1) is 22.9 Å². The molecule has 0 unspecified atom stereocenters. The van der Waals surface area contributed by atoms with Gasteiger partial charge in [0, 0.05) is 71.3 Å². The molecule has 1 N–H and O–H groups in total. The highest BCUT2D eigenvalue weighted by Crippen LogP contribution is 2.23. The highest BCUT2D eigenvalue weighted by molar-refractivity contribution is 5.94. The second kappa shape index (κ2) is 13.6. The van der Waals surface area contributed by atoms with Crippen LogP contribution in [0.15, 0.2) is 66.9 Å². The Morgan fingerprint density at radius 1 is 0.927 bits per heavy atom. The maximum absolute atomic E-state index is 12.9. The molecule has 3 heterocycles. The van der Waals surface area contributed by atoms with Crippen molar-refractivity contribution < 1.29 is 9.53 Å². The van der Waals surface area contributed by atoms with Crippen molar-refractivity contribution in [2.45, 2.75) is 50.9 Å². The lowest BCUT2D eigenvalue weighted by Gasteiger charge is -2.32. The van der Waals surface area contributed by atoms with Gasteiger partial charge in [0.2, 0.25) is 0 Å². The molecule has 1 amide bonds. The Balaban J connectivity index is 1.01. The first-order valence-electron chi connectivity index (χ1n) is 14.6. The van der Waals surface area contributed by atoms with Gasteiger partial charge in [-0.15, -0.1) is 0 Å². The van der Waals surface area contributed by atoms with Crippen LogP contribution < -0.4 is 15.0 Å². The zero-order chi connectivity index (χ0) is 28.6. The van der Waals surface area contributed by atoms with E-state index in [1.54, 1.807) is 6.20 Å². The summed E-state index contributed by atoms with van der Waals surface area (Å²) in [5.41, 5.74) is 4.66. The number of ether oxygens (including phenoxy) is 1. The van der Waals surface area contributed by atoms with Crippen molar-refractivity contribution in [1.82, 2.24) is 20.1 Å². The maximum Gasteiger partial charge on any atom is 0.253 e. The molecule has 0 bridgehead atoms. The number of hydrogen-bond acceptors (Lipinski definition) is 7. The fourth-order valence-electron chi connectivity index (χ4n) is 5.53. The van der Waals surface area contributed by atoms with Crippen LogP contribution >= 0.6 is 0 Å². The summed E-state index contributed by atoms with van der Waals surface area (Å²) < 4.78 is 6.22. The largest absolute Gasteiger partial charge is 0.490 e. The topological polar surface area (TPSA) is 84.7 Å². The van der Waals surface area contributed by atoms with Crippen LogP contribution in [0.3, 0.4) is 0 Å². The predicted molar refractivity (Wildman–Crippen MR) is 161 cm³/mol. The van der Waals surface area contributed by atoms with Gasteiger partial charge >= 0.3 is 0 Å². The number of piperidine rings is 2. The van der Waals surface area contributed by atoms with Crippen LogP contribution in [0.25, 0.3) is 0 Å². The molecule has 0 spiro atoms. The van der Waals surface area contributed by atoms with Crippen molar-refractivity contribution in [2.24, 2.45) is 0 Å². The Hall–Kier alpha value is -3.93. The summed E-state index contributed by atoms with van der Waals surface area (Å²) in [6, 6.07) is 22.3. The molecular weight excluding hydrogens is 512 g/mol. The van der Waals surface area contributed by atoms with Crippen molar-refractivity contribution in [1.29, 1.82) is 5.26 Å². The third-order valence-electron chi connectivity index (χ3n) is 8.08. The van der Waals surface area contributed by atoms with Crippen molar-refractivity contribution in [3.63, 3.8) is 0 Å². The molecule has 41 heavy (non-hydrogen) atoms. The van der Waals surface area contributed by atoms with Gasteiger partial charge in [0.1, 0.15) is 11.9 Å². The highest BCUT2D eigenvalue weighted by atomic mass is 16.5. The number of likely N-dealkylation sites (tertiary alicyclic amines) is 2. The molecule has 0 saturated carbocycles. The molecule has 2 fully saturated rings.